The van der Waals surface area contributed by atoms with Crippen LogP contribution in [0.25, 0.3) is 10.8 Å². The smallest absolute Gasteiger partial charge is 0.0914 e. The molecule has 0 amide bonds. The molecule has 4 aromatic rings. The number of allylic oxidation sites excluding steroid dienone is 3. The number of hydrogen-bond acceptors (Lipinski definition) is 6. The van der Waals surface area contributed by atoms with Gasteiger partial charge in [0.05, 0.1) is 36.0 Å². The minimum absolute atomic E-state index is 0.00810. The largest absolute Gasteiger partial charge is 0.395 e. The minimum atomic E-state index is -0.00810. The molecule has 1 aliphatic carbocycles. The Hall–Kier alpha value is -4.52. The zero-order valence-corrected chi connectivity index (χ0v) is 22.0. The highest BCUT2D eigenvalue weighted by Crippen LogP contribution is 2.37. The molecule has 0 bridgehead atoms. The number of aliphatic imine (C=N–C) groups is 2. The second-order valence-corrected chi connectivity index (χ2v) is 9.29. The molecule has 0 fully saturated rings. The van der Waals surface area contributed by atoms with E-state index < -0.39 is 0 Å². The Morgan fingerprint density at radius 2 is 1.36 bits per heavy atom. The van der Waals surface area contributed by atoms with E-state index in [2.05, 4.69) is 42.6 Å². The summed E-state index contributed by atoms with van der Waals surface area (Å²) in [5, 5.41) is 24.8. The third kappa shape index (κ3) is 6.14. The molecule has 196 valence electrons. The molecule has 0 atom stereocenters. The summed E-state index contributed by atoms with van der Waals surface area (Å²) in [5.41, 5.74) is 7.15. The number of hydrogen-bond donors (Lipinski definition) is 3. The number of aliphatic hydroxyl groups is 2. The van der Waals surface area contributed by atoms with Gasteiger partial charge >= 0.3 is 0 Å². The van der Waals surface area contributed by atoms with Crippen LogP contribution in [0, 0.1) is 6.92 Å². The van der Waals surface area contributed by atoms with E-state index in [1.165, 1.54) is 0 Å². The average molecular weight is 517 g/mol. The van der Waals surface area contributed by atoms with Crippen molar-refractivity contribution in [2.75, 3.05) is 31.6 Å². The summed E-state index contributed by atoms with van der Waals surface area (Å²) in [7, 11) is 0. The maximum Gasteiger partial charge on any atom is 0.0914 e. The predicted octanol–water partition coefficient (Wildman–Crippen LogP) is 6.48. The van der Waals surface area contributed by atoms with Gasteiger partial charge in [-0.2, -0.15) is 0 Å². The van der Waals surface area contributed by atoms with E-state index in [1.54, 1.807) is 0 Å². The van der Waals surface area contributed by atoms with Gasteiger partial charge in [0.15, 0.2) is 0 Å². The third-order valence-corrected chi connectivity index (χ3v) is 6.56. The molecule has 39 heavy (non-hydrogen) atoms. The second-order valence-electron chi connectivity index (χ2n) is 9.29. The highest BCUT2D eigenvalue weighted by molar-refractivity contribution is 6.52. The molecule has 3 N–H and O–H groups in total. The van der Waals surface area contributed by atoms with Gasteiger partial charge in [0.25, 0.3) is 0 Å². The fraction of sp³-hybridized carbons (Fsp3) is 0.152. The van der Waals surface area contributed by atoms with Gasteiger partial charge in [-0.05, 0) is 61.0 Å². The van der Waals surface area contributed by atoms with Gasteiger partial charge < -0.3 is 20.4 Å². The lowest BCUT2D eigenvalue weighted by Gasteiger charge is -2.26. The van der Waals surface area contributed by atoms with Crippen LogP contribution in [0.1, 0.15) is 5.56 Å². The molecule has 0 spiro atoms. The van der Waals surface area contributed by atoms with Crippen LogP contribution in [-0.2, 0) is 0 Å². The number of nitrogens with one attached hydrogen (secondary N) is 1. The molecule has 6 heteroatoms. The van der Waals surface area contributed by atoms with Crippen molar-refractivity contribution in [3.05, 3.63) is 120 Å². The number of aryl methyl sites for hydroxylation is 1. The van der Waals surface area contributed by atoms with E-state index in [0.717, 1.165) is 56.2 Å². The molecule has 0 aromatic heterocycles. The average Bonchev–Trinajstić information content (AvgIpc) is 2.97. The van der Waals surface area contributed by atoms with Crippen molar-refractivity contribution in [3.63, 3.8) is 0 Å². The first-order valence-electron chi connectivity index (χ1n) is 13.1. The molecule has 4 aromatic carbocycles. The summed E-state index contributed by atoms with van der Waals surface area (Å²) in [6.45, 7) is 2.90. The van der Waals surface area contributed by atoms with Crippen molar-refractivity contribution in [1.82, 2.24) is 4.90 Å². The van der Waals surface area contributed by atoms with Crippen LogP contribution in [0.15, 0.2) is 125 Å². The zero-order chi connectivity index (χ0) is 27.0. The molecule has 0 saturated carbocycles. The molecule has 0 heterocycles. The monoisotopic (exact) mass is 516 g/mol. The fourth-order valence-electron chi connectivity index (χ4n) is 4.69. The van der Waals surface area contributed by atoms with Crippen LogP contribution in [0.4, 0.5) is 22.7 Å². The van der Waals surface area contributed by atoms with Gasteiger partial charge in [-0.1, -0.05) is 60.7 Å². The first-order valence-corrected chi connectivity index (χ1v) is 13.1. The molecular formula is C33H32N4O2. The van der Waals surface area contributed by atoms with Gasteiger partial charge in [0.1, 0.15) is 0 Å². The Labute approximate surface area is 229 Å². The summed E-state index contributed by atoms with van der Waals surface area (Å²) in [5.74, 6) is 0. The Bertz CT molecular complexity index is 1550. The molecule has 0 radical (unpaired) electrons. The van der Waals surface area contributed by atoms with Crippen LogP contribution in [0.5, 0.6) is 0 Å². The fourth-order valence-corrected chi connectivity index (χ4v) is 4.69. The summed E-state index contributed by atoms with van der Waals surface area (Å²) in [4.78, 5) is 12.0. The van der Waals surface area contributed by atoms with Crippen molar-refractivity contribution in [3.8, 4) is 0 Å². The maximum atomic E-state index is 9.55. The van der Waals surface area contributed by atoms with Gasteiger partial charge in [0.2, 0.25) is 0 Å². The van der Waals surface area contributed by atoms with E-state index >= 15 is 0 Å². The second kappa shape index (κ2) is 12.3. The summed E-state index contributed by atoms with van der Waals surface area (Å²) in [6.07, 6.45) is 5.90. The van der Waals surface area contributed by atoms with Crippen LogP contribution in [-0.4, -0.2) is 52.8 Å². The standard InChI is InChI=1S/C33H32N4O2/c1-24-22-31(34-25-10-4-2-5-11-25)28-14-8-9-15-29(28)33(24)36-30-17-16-27(37(18-20-38)19-21-39)23-32(30)35-26-12-6-3-7-13-26/h2-17,22-23,34,38-39H,18-21H2,1H3/b35-32+,36-30-. The normalized spacial score (nSPS) is 15.1. The molecule has 0 aliphatic heterocycles. The lowest BCUT2D eigenvalue weighted by Crippen LogP contribution is -2.31. The van der Waals surface area contributed by atoms with Gasteiger partial charge in [-0.3, -0.25) is 0 Å². The van der Waals surface area contributed by atoms with E-state index in [4.69, 9.17) is 9.98 Å². The number of benzene rings is 4. The quantitative estimate of drug-likeness (QED) is 0.223. The van der Waals surface area contributed by atoms with Gasteiger partial charge in [0, 0.05) is 40.9 Å². The molecular weight excluding hydrogens is 484 g/mol. The predicted molar refractivity (Wildman–Crippen MR) is 162 cm³/mol. The first-order chi connectivity index (χ1) is 19.2. The topological polar surface area (TPSA) is 80.5 Å². The molecule has 0 unspecified atom stereocenters. The first kappa shape index (κ1) is 26.1. The van der Waals surface area contributed by atoms with Crippen molar-refractivity contribution >= 4 is 44.9 Å². The Morgan fingerprint density at radius 1 is 0.718 bits per heavy atom. The van der Waals surface area contributed by atoms with Crippen molar-refractivity contribution in [2.45, 2.75) is 6.92 Å². The summed E-state index contributed by atoms with van der Waals surface area (Å²) in [6, 6.07) is 30.4. The van der Waals surface area contributed by atoms with Crippen LogP contribution in [0.2, 0.25) is 0 Å². The van der Waals surface area contributed by atoms with Crippen molar-refractivity contribution < 1.29 is 10.2 Å². The van der Waals surface area contributed by atoms with Crippen molar-refractivity contribution in [2.24, 2.45) is 9.98 Å². The number of aliphatic hydroxyl groups excluding tert-OH is 2. The van der Waals surface area contributed by atoms with Gasteiger partial charge in [-0.15, -0.1) is 0 Å². The maximum absolute atomic E-state index is 9.55. The van der Waals surface area contributed by atoms with Crippen LogP contribution in [0.3, 0.4) is 0 Å². The number of fused-ring (bicyclic) bond motifs is 1. The number of para-hydroxylation sites is 2. The van der Waals surface area contributed by atoms with E-state index in [-0.39, 0.29) is 13.2 Å². The highest BCUT2D eigenvalue weighted by atomic mass is 16.3. The molecule has 0 saturated heterocycles. The number of nitrogens with zero attached hydrogens (tertiary/aromatic N) is 3. The third-order valence-electron chi connectivity index (χ3n) is 6.56. The number of anilines is 2. The Morgan fingerprint density at radius 3 is 2.05 bits per heavy atom. The Kier molecular flexibility index (Phi) is 8.26. The highest BCUT2D eigenvalue weighted by Gasteiger charge is 2.17. The van der Waals surface area contributed by atoms with Crippen molar-refractivity contribution in [1.29, 1.82) is 0 Å². The van der Waals surface area contributed by atoms with E-state index in [1.807, 2.05) is 83.8 Å². The van der Waals surface area contributed by atoms with Crippen LogP contribution >= 0.6 is 0 Å². The SMILES string of the molecule is Cc1cc(Nc2ccccc2)c2ccccc2c1/N=C1/C=CC(N(CCO)CCO)=C/C1=N\c1ccccc1. The summed E-state index contributed by atoms with van der Waals surface area (Å²) >= 11 is 0. The summed E-state index contributed by atoms with van der Waals surface area (Å²) < 4.78 is 0. The molecule has 1 aliphatic rings. The minimum Gasteiger partial charge on any atom is -0.395 e. The van der Waals surface area contributed by atoms with E-state index in [0.29, 0.717) is 13.1 Å². The molecule has 6 nitrogen and oxygen atoms in total. The molecule has 5 rings (SSSR count). The van der Waals surface area contributed by atoms with Crippen LogP contribution < -0.4 is 5.32 Å². The van der Waals surface area contributed by atoms with Gasteiger partial charge in [-0.25, -0.2) is 9.98 Å². The zero-order valence-electron chi connectivity index (χ0n) is 22.0. The lowest BCUT2D eigenvalue weighted by atomic mass is 10.0. The Balaban J connectivity index is 1.61. The van der Waals surface area contributed by atoms with E-state index in [9.17, 15) is 10.2 Å². The number of rotatable bonds is 9. The lowest BCUT2D eigenvalue weighted by molar-refractivity contribution is 0.192.